The van der Waals surface area contributed by atoms with Gasteiger partial charge in [0.05, 0.1) is 13.0 Å². The summed E-state index contributed by atoms with van der Waals surface area (Å²) in [6.07, 6.45) is 3.19. The van der Waals surface area contributed by atoms with E-state index in [4.69, 9.17) is 5.11 Å². The number of benzene rings is 1. The number of aromatic nitrogens is 1. The Bertz CT molecular complexity index is 575. The zero-order valence-corrected chi connectivity index (χ0v) is 11.4. The van der Waals surface area contributed by atoms with Crippen LogP contribution in [-0.2, 0) is 17.6 Å². The molecule has 0 spiro atoms. The third-order valence-electron chi connectivity index (χ3n) is 3.30. The van der Waals surface area contributed by atoms with Gasteiger partial charge in [0, 0.05) is 23.1 Å². The van der Waals surface area contributed by atoms with Gasteiger partial charge < -0.3 is 15.4 Å². The van der Waals surface area contributed by atoms with E-state index in [-0.39, 0.29) is 18.6 Å². The number of nitrogens with one attached hydrogen (secondary N) is 2. The summed E-state index contributed by atoms with van der Waals surface area (Å²) in [7, 11) is 0. The van der Waals surface area contributed by atoms with Crippen LogP contribution >= 0.6 is 0 Å². The fourth-order valence-electron chi connectivity index (χ4n) is 2.26. The average Bonchev–Trinajstić information content (AvgIpc) is 2.81. The van der Waals surface area contributed by atoms with Crippen molar-refractivity contribution < 1.29 is 9.90 Å². The number of amides is 1. The number of aryl methyl sites for hydroxylation is 1. The number of rotatable bonds is 5. The predicted octanol–water partition coefficient (Wildman–Crippen LogP) is 1.77. The molecule has 4 nitrogen and oxygen atoms in total. The van der Waals surface area contributed by atoms with E-state index in [9.17, 15) is 4.79 Å². The summed E-state index contributed by atoms with van der Waals surface area (Å²) in [5.74, 6) is -0.0654. The number of fused-ring (bicyclic) bond motifs is 1. The van der Waals surface area contributed by atoms with E-state index >= 15 is 0 Å². The van der Waals surface area contributed by atoms with Crippen LogP contribution in [0.2, 0.25) is 0 Å². The van der Waals surface area contributed by atoms with E-state index in [1.54, 1.807) is 6.92 Å². The molecule has 1 aromatic heterocycles. The Labute approximate surface area is 112 Å². The Balaban J connectivity index is 2.20. The number of para-hydroxylation sites is 1. The molecule has 0 radical (unpaired) electrons. The van der Waals surface area contributed by atoms with Gasteiger partial charge in [0.2, 0.25) is 5.91 Å². The van der Waals surface area contributed by atoms with Gasteiger partial charge in [-0.05, 0) is 24.5 Å². The Morgan fingerprint density at radius 1 is 1.42 bits per heavy atom. The van der Waals surface area contributed by atoms with Gasteiger partial charge in [0.25, 0.3) is 0 Å². The predicted molar refractivity (Wildman–Crippen MR) is 76.1 cm³/mol. The third-order valence-corrected chi connectivity index (χ3v) is 3.30. The van der Waals surface area contributed by atoms with Crippen molar-refractivity contribution in [3.63, 3.8) is 0 Å². The van der Waals surface area contributed by atoms with Crippen molar-refractivity contribution in [3.05, 3.63) is 35.5 Å². The molecule has 1 unspecified atom stereocenters. The van der Waals surface area contributed by atoms with Crippen molar-refractivity contribution in [1.29, 1.82) is 0 Å². The molecular formula is C15H20N2O2. The van der Waals surface area contributed by atoms with Crippen molar-refractivity contribution in [1.82, 2.24) is 10.3 Å². The fourth-order valence-corrected chi connectivity index (χ4v) is 2.26. The minimum absolute atomic E-state index is 0.0421. The number of carbonyl (C=O) groups is 1. The summed E-state index contributed by atoms with van der Waals surface area (Å²) in [5, 5.41) is 12.8. The maximum Gasteiger partial charge on any atom is 0.224 e. The van der Waals surface area contributed by atoms with E-state index in [2.05, 4.69) is 23.3 Å². The molecule has 3 N–H and O–H groups in total. The van der Waals surface area contributed by atoms with Crippen molar-refractivity contribution in [2.75, 3.05) is 6.61 Å². The lowest BCUT2D eigenvalue weighted by Crippen LogP contribution is -2.35. The first-order chi connectivity index (χ1) is 9.15. The highest BCUT2D eigenvalue weighted by molar-refractivity contribution is 5.90. The van der Waals surface area contributed by atoms with Crippen molar-refractivity contribution in [2.45, 2.75) is 32.7 Å². The summed E-state index contributed by atoms with van der Waals surface area (Å²) in [4.78, 5) is 15.1. The molecule has 0 aliphatic carbocycles. The standard InChI is InChI=1S/C15H20N2O2/c1-3-11-5-4-6-13-12(8-16-15(11)13)7-14(19)17-10(2)9-18/h4-6,8,10,16,18H,3,7,9H2,1-2H3,(H,17,19). The normalized spacial score (nSPS) is 12.6. The molecule has 0 aliphatic heterocycles. The van der Waals surface area contributed by atoms with Crippen LogP contribution in [-0.4, -0.2) is 28.6 Å². The Morgan fingerprint density at radius 2 is 2.21 bits per heavy atom. The molecule has 0 saturated heterocycles. The van der Waals surface area contributed by atoms with Crippen LogP contribution in [0, 0.1) is 0 Å². The molecule has 1 aromatic carbocycles. The second kappa shape index (κ2) is 5.89. The second-order valence-corrected chi connectivity index (χ2v) is 4.84. The fraction of sp³-hybridized carbons (Fsp3) is 0.400. The van der Waals surface area contributed by atoms with Gasteiger partial charge >= 0.3 is 0 Å². The molecule has 0 saturated carbocycles. The highest BCUT2D eigenvalue weighted by Gasteiger charge is 2.11. The summed E-state index contributed by atoms with van der Waals surface area (Å²) in [5.41, 5.74) is 3.36. The zero-order valence-electron chi connectivity index (χ0n) is 11.4. The van der Waals surface area contributed by atoms with Crippen molar-refractivity contribution in [2.24, 2.45) is 0 Å². The third kappa shape index (κ3) is 2.96. The maximum absolute atomic E-state index is 11.8. The molecule has 1 atom stereocenters. The van der Waals surface area contributed by atoms with Gasteiger partial charge in [-0.15, -0.1) is 0 Å². The number of aliphatic hydroxyl groups excluding tert-OH is 1. The van der Waals surface area contributed by atoms with Crippen LogP contribution in [0.1, 0.15) is 25.0 Å². The lowest BCUT2D eigenvalue weighted by Gasteiger charge is -2.10. The smallest absolute Gasteiger partial charge is 0.224 e. The van der Waals surface area contributed by atoms with Crippen LogP contribution < -0.4 is 5.32 Å². The molecule has 2 aromatic rings. The monoisotopic (exact) mass is 260 g/mol. The number of aromatic amines is 1. The van der Waals surface area contributed by atoms with Crippen LogP contribution in [0.25, 0.3) is 10.9 Å². The first-order valence-electron chi connectivity index (χ1n) is 6.63. The molecule has 4 heteroatoms. The molecule has 0 bridgehead atoms. The zero-order chi connectivity index (χ0) is 13.8. The average molecular weight is 260 g/mol. The molecule has 1 amide bonds. The van der Waals surface area contributed by atoms with E-state index < -0.39 is 0 Å². The van der Waals surface area contributed by atoms with Crippen LogP contribution in [0.5, 0.6) is 0 Å². The molecule has 1 heterocycles. The van der Waals surface area contributed by atoms with E-state index in [1.165, 1.54) is 5.56 Å². The van der Waals surface area contributed by atoms with Crippen molar-refractivity contribution >= 4 is 16.8 Å². The topological polar surface area (TPSA) is 65.1 Å². The molecule has 0 fully saturated rings. The second-order valence-electron chi connectivity index (χ2n) is 4.84. The summed E-state index contributed by atoms with van der Waals surface area (Å²) < 4.78 is 0. The molecule has 19 heavy (non-hydrogen) atoms. The number of hydrogen-bond acceptors (Lipinski definition) is 2. The van der Waals surface area contributed by atoms with Gasteiger partial charge in [-0.1, -0.05) is 25.1 Å². The summed E-state index contributed by atoms with van der Waals surface area (Å²) in [6.45, 7) is 3.85. The molecule has 102 valence electrons. The lowest BCUT2D eigenvalue weighted by atomic mass is 10.1. The van der Waals surface area contributed by atoms with Crippen molar-refractivity contribution in [3.8, 4) is 0 Å². The highest BCUT2D eigenvalue weighted by Crippen LogP contribution is 2.22. The lowest BCUT2D eigenvalue weighted by molar-refractivity contribution is -0.121. The van der Waals surface area contributed by atoms with Crippen LogP contribution in [0.4, 0.5) is 0 Å². The number of aliphatic hydroxyl groups is 1. The maximum atomic E-state index is 11.8. The molecular weight excluding hydrogens is 240 g/mol. The van der Waals surface area contributed by atoms with Gasteiger partial charge in [-0.2, -0.15) is 0 Å². The first-order valence-corrected chi connectivity index (χ1v) is 6.63. The molecule has 0 aliphatic rings. The minimum Gasteiger partial charge on any atom is -0.394 e. The largest absolute Gasteiger partial charge is 0.394 e. The Morgan fingerprint density at radius 3 is 2.89 bits per heavy atom. The SMILES string of the molecule is CCc1cccc2c(CC(=O)NC(C)CO)c[nH]c12. The van der Waals surface area contributed by atoms with Gasteiger partial charge in [-0.3, -0.25) is 4.79 Å². The van der Waals surface area contributed by atoms with Gasteiger partial charge in [-0.25, -0.2) is 0 Å². The van der Waals surface area contributed by atoms with E-state index in [0.29, 0.717) is 6.42 Å². The van der Waals surface area contributed by atoms with E-state index in [1.807, 2.05) is 18.3 Å². The first kappa shape index (κ1) is 13.6. The Kier molecular flexibility index (Phi) is 4.22. The van der Waals surface area contributed by atoms with Gasteiger partial charge in [0.1, 0.15) is 0 Å². The molecule has 2 rings (SSSR count). The summed E-state index contributed by atoms with van der Waals surface area (Å²) in [6, 6.07) is 5.94. The highest BCUT2D eigenvalue weighted by atomic mass is 16.3. The Hall–Kier alpha value is -1.81. The number of carbonyl (C=O) groups excluding carboxylic acids is 1. The number of hydrogen-bond donors (Lipinski definition) is 3. The van der Waals surface area contributed by atoms with Crippen LogP contribution in [0.15, 0.2) is 24.4 Å². The quantitative estimate of drug-likeness (QED) is 0.767. The number of H-pyrrole nitrogens is 1. The summed E-state index contributed by atoms with van der Waals surface area (Å²) >= 11 is 0. The van der Waals surface area contributed by atoms with E-state index in [0.717, 1.165) is 22.9 Å². The van der Waals surface area contributed by atoms with Gasteiger partial charge in [0.15, 0.2) is 0 Å². The van der Waals surface area contributed by atoms with Crippen LogP contribution in [0.3, 0.4) is 0 Å². The minimum atomic E-state index is -0.205.